The van der Waals surface area contributed by atoms with Gasteiger partial charge in [-0.25, -0.2) is 4.98 Å². The summed E-state index contributed by atoms with van der Waals surface area (Å²) in [6.07, 6.45) is 0. The number of methoxy groups -OCH3 is 2. The average molecular weight is 360 g/mol. The number of nitrogens with one attached hydrogen (secondary N) is 1. The number of aryl methyl sites for hydroxylation is 1. The molecular weight excluding hydrogens is 344 g/mol. The highest BCUT2D eigenvalue weighted by Crippen LogP contribution is 2.33. The van der Waals surface area contributed by atoms with Crippen LogP contribution in [-0.4, -0.2) is 25.1 Å². The lowest BCUT2D eigenvalue weighted by atomic mass is 10.2. The number of amides is 1. The SMILES string of the molecule is COc1ccc(-c2nc(C(=O)Nc3ccsc3C)cs2)cc1OC. The molecule has 0 fully saturated rings. The molecule has 2 aromatic heterocycles. The number of carbonyl (C=O) groups excluding carboxylic acids is 1. The van der Waals surface area contributed by atoms with Crippen molar-refractivity contribution >= 4 is 34.3 Å². The van der Waals surface area contributed by atoms with Crippen molar-refractivity contribution in [1.82, 2.24) is 4.98 Å². The van der Waals surface area contributed by atoms with Gasteiger partial charge in [0.15, 0.2) is 11.5 Å². The van der Waals surface area contributed by atoms with Gasteiger partial charge in [0.2, 0.25) is 0 Å². The highest BCUT2D eigenvalue weighted by molar-refractivity contribution is 7.13. The Balaban J connectivity index is 1.83. The maximum Gasteiger partial charge on any atom is 0.275 e. The molecule has 24 heavy (non-hydrogen) atoms. The topological polar surface area (TPSA) is 60.5 Å². The Labute approximate surface area is 147 Å². The summed E-state index contributed by atoms with van der Waals surface area (Å²) >= 11 is 3.01. The molecule has 1 amide bonds. The van der Waals surface area contributed by atoms with Crippen molar-refractivity contribution in [3.8, 4) is 22.1 Å². The predicted molar refractivity (Wildman–Crippen MR) is 97.7 cm³/mol. The van der Waals surface area contributed by atoms with Crippen molar-refractivity contribution in [3.63, 3.8) is 0 Å². The maximum absolute atomic E-state index is 12.3. The van der Waals surface area contributed by atoms with Gasteiger partial charge in [0.05, 0.1) is 19.9 Å². The van der Waals surface area contributed by atoms with Crippen LogP contribution in [0.5, 0.6) is 11.5 Å². The largest absolute Gasteiger partial charge is 0.493 e. The molecule has 3 rings (SSSR count). The fourth-order valence-corrected chi connectivity index (χ4v) is 3.63. The maximum atomic E-state index is 12.3. The van der Waals surface area contributed by atoms with E-state index < -0.39 is 0 Å². The Morgan fingerprint density at radius 1 is 1.12 bits per heavy atom. The Morgan fingerprint density at radius 3 is 2.58 bits per heavy atom. The van der Waals surface area contributed by atoms with Crippen molar-refractivity contribution in [2.24, 2.45) is 0 Å². The molecule has 3 aromatic rings. The van der Waals surface area contributed by atoms with E-state index in [4.69, 9.17) is 9.47 Å². The third kappa shape index (κ3) is 3.27. The van der Waals surface area contributed by atoms with Crippen molar-refractivity contribution in [2.75, 3.05) is 19.5 Å². The molecule has 0 spiro atoms. The molecule has 0 atom stereocenters. The predicted octanol–water partition coefficient (Wildman–Crippen LogP) is 4.45. The van der Waals surface area contributed by atoms with E-state index in [0.29, 0.717) is 17.2 Å². The summed E-state index contributed by atoms with van der Waals surface area (Å²) in [5.41, 5.74) is 2.10. The number of carbonyl (C=O) groups is 1. The normalized spacial score (nSPS) is 10.5. The van der Waals surface area contributed by atoms with Crippen LogP contribution >= 0.6 is 22.7 Å². The number of thiophene rings is 1. The number of nitrogens with zero attached hydrogens (tertiary/aromatic N) is 1. The standard InChI is InChI=1S/C17H16N2O3S2/c1-10-12(6-7-23-10)18-16(20)13-9-24-17(19-13)11-4-5-14(21-2)15(8-11)22-3/h4-9H,1-3H3,(H,18,20). The molecular formula is C17H16N2O3S2. The van der Waals surface area contributed by atoms with Crippen molar-refractivity contribution in [1.29, 1.82) is 0 Å². The summed E-state index contributed by atoms with van der Waals surface area (Å²) in [6, 6.07) is 7.46. The van der Waals surface area contributed by atoms with Gasteiger partial charge in [-0.1, -0.05) is 0 Å². The summed E-state index contributed by atoms with van der Waals surface area (Å²) < 4.78 is 10.5. The third-order valence-corrected chi connectivity index (χ3v) is 5.21. The van der Waals surface area contributed by atoms with E-state index in [1.54, 1.807) is 30.9 Å². The summed E-state index contributed by atoms with van der Waals surface area (Å²) in [6.45, 7) is 1.97. The first-order valence-electron chi connectivity index (χ1n) is 7.15. The van der Waals surface area contributed by atoms with E-state index >= 15 is 0 Å². The van der Waals surface area contributed by atoms with E-state index in [1.807, 2.05) is 36.6 Å². The molecule has 0 saturated heterocycles. The zero-order valence-electron chi connectivity index (χ0n) is 13.5. The van der Waals surface area contributed by atoms with E-state index in [-0.39, 0.29) is 5.91 Å². The quantitative estimate of drug-likeness (QED) is 0.730. The van der Waals surface area contributed by atoms with Crippen molar-refractivity contribution < 1.29 is 14.3 Å². The molecule has 1 aromatic carbocycles. The highest BCUT2D eigenvalue weighted by atomic mass is 32.1. The first kappa shape index (κ1) is 16.5. The molecule has 0 aliphatic rings. The van der Waals surface area contributed by atoms with Gasteiger partial charge in [-0.2, -0.15) is 0 Å². The molecule has 0 saturated carbocycles. The summed E-state index contributed by atoms with van der Waals surface area (Å²) in [5, 5.41) is 7.33. The second-order valence-corrected chi connectivity index (χ2v) is 6.93. The van der Waals surface area contributed by atoms with Gasteiger partial charge in [-0.3, -0.25) is 4.79 Å². The molecule has 5 nitrogen and oxygen atoms in total. The minimum absolute atomic E-state index is 0.209. The van der Waals surface area contributed by atoms with Crippen LogP contribution in [-0.2, 0) is 0 Å². The van der Waals surface area contributed by atoms with Crippen molar-refractivity contribution in [3.05, 3.63) is 45.6 Å². The smallest absolute Gasteiger partial charge is 0.275 e. The zero-order valence-corrected chi connectivity index (χ0v) is 15.1. The van der Waals surface area contributed by atoms with E-state index in [1.165, 1.54) is 11.3 Å². The van der Waals surface area contributed by atoms with Crippen LogP contribution in [0.4, 0.5) is 5.69 Å². The van der Waals surface area contributed by atoms with E-state index in [2.05, 4.69) is 10.3 Å². The Kier molecular flexibility index (Phi) is 4.82. The number of benzene rings is 1. The second kappa shape index (κ2) is 7.02. The molecule has 0 bridgehead atoms. The molecule has 2 heterocycles. The lowest BCUT2D eigenvalue weighted by Gasteiger charge is -2.08. The fourth-order valence-electron chi connectivity index (χ4n) is 2.18. The fraction of sp³-hybridized carbons (Fsp3) is 0.176. The van der Waals surface area contributed by atoms with Gasteiger partial charge >= 0.3 is 0 Å². The minimum atomic E-state index is -0.209. The Hall–Kier alpha value is -2.38. The highest BCUT2D eigenvalue weighted by Gasteiger charge is 2.14. The lowest BCUT2D eigenvalue weighted by Crippen LogP contribution is -2.12. The molecule has 0 aliphatic carbocycles. The molecule has 1 N–H and O–H groups in total. The average Bonchev–Trinajstić information content (AvgIpc) is 3.24. The second-order valence-electron chi connectivity index (χ2n) is 4.95. The lowest BCUT2D eigenvalue weighted by molar-refractivity contribution is 0.102. The van der Waals surface area contributed by atoms with Crippen LogP contribution in [0.15, 0.2) is 35.0 Å². The van der Waals surface area contributed by atoms with E-state index in [9.17, 15) is 4.79 Å². The molecule has 0 aliphatic heterocycles. The molecule has 0 unspecified atom stereocenters. The number of ether oxygens (including phenoxy) is 2. The zero-order chi connectivity index (χ0) is 17.1. The Morgan fingerprint density at radius 2 is 1.92 bits per heavy atom. The first-order chi connectivity index (χ1) is 11.6. The first-order valence-corrected chi connectivity index (χ1v) is 8.91. The summed E-state index contributed by atoms with van der Waals surface area (Å²) in [5.74, 6) is 1.08. The van der Waals surface area contributed by atoms with Crippen LogP contribution in [0, 0.1) is 6.92 Å². The van der Waals surface area contributed by atoms with Crippen LogP contribution in [0.1, 0.15) is 15.4 Å². The van der Waals surface area contributed by atoms with Crippen LogP contribution in [0.2, 0.25) is 0 Å². The van der Waals surface area contributed by atoms with Crippen LogP contribution in [0.25, 0.3) is 10.6 Å². The van der Waals surface area contributed by atoms with Gasteiger partial charge in [0.1, 0.15) is 10.7 Å². The van der Waals surface area contributed by atoms with Gasteiger partial charge < -0.3 is 14.8 Å². The Bertz CT molecular complexity index is 870. The third-order valence-electron chi connectivity index (χ3n) is 3.47. The van der Waals surface area contributed by atoms with Crippen molar-refractivity contribution in [2.45, 2.75) is 6.92 Å². The summed E-state index contributed by atoms with van der Waals surface area (Å²) in [7, 11) is 3.18. The number of hydrogen-bond donors (Lipinski definition) is 1. The molecule has 124 valence electrons. The summed E-state index contributed by atoms with van der Waals surface area (Å²) in [4.78, 5) is 17.8. The monoisotopic (exact) mass is 360 g/mol. The number of hydrogen-bond acceptors (Lipinski definition) is 6. The number of thiazole rings is 1. The minimum Gasteiger partial charge on any atom is -0.493 e. The van der Waals surface area contributed by atoms with Gasteiger partial charge in [0.25, 0.3) is 5.91 Å². The molecule has 0 radical (unpaired) electrons. The van der Waals surface area contributed by atoms with Gasteiger partial charge in [-0.15, -0.1) is 22.7 Å². The van der Waals surface area contributed by atoms with Gasteiger partial charge in [0, 0.05) is 15.8 Å². The van der Waals surface area contributed by atoms with Crippen LogP contribution < -0.4 is 14.8 Å². The number of rotatable bonds is 5. The number of aromatic nitrogens is 1. The molecule has 7 heteroatoms. The van der Waals surface area contributed by atoms with Crippen LogP contribution in [0.3, 0.4) is 0 Å². The van der Waals surface area contributed by atoms with E-state index in [0.717, 1.165) is 21.1 Å². The van der Waals surface area contributed by atoms with Gasteiger partial charge in [-0.05, 0) is 36.6 Å². The number of anilines is 1.